The van der Waals surface area contributed by atoms with Crippen molar-refractivity contribution in [1.82, 2.24) is 14.5 Å². The van der Waals surface area contributed by atoms with Gasteiger partial charge in [0, 0.05) is 24.6 Å². The Morgan fingerprint density at radius 1 is 1.07 bits per heavy atom. The number of imidazole rings is 1. The molecule has 0 radical (unpaired) electrons. The van der Waals surface area contributed by atoms with Crippen molar-refractivity contribution in [2.45, 2.75) is 32.7 Å². The van der Waals surface area contributed by atoms with E-state index >= 15 is 0 Å². The lowest BCUT2D eigenvalue weighted by Gasteiger charge is -2.11. The van der Waals surface area contributed by atoms with Crippen molar-refractivity contribution in [1.29, 1.82) is 5.41 Å². The fourth-order valence-electron chi connectivity index (χ4n) is 3.50. The van der Waals surface area contributed by atoms with Crippen LogP contribution in [0.5, 0.6) is 0 Å². The summed E-state index contributed by atoms with van der Waals surface area (Å²) in [6, 6.07) is 16.2. The van der Waals surface area contributed by atoms with Crippen LogP contribution in [0.1, 0.15) is 36.7 Å². The number of nitrogen functional groups attached to an aromatic ring is 1. The van der Waals surface area contributed by atoms with Crippen LogP contribution in [0, 0.1) is 5.41 Å². The summed E-state index contributed by atoms with van der Waals surface area (Å²) in [5, 5.41) is 8.46. The molecule has 0 amide bonds. The van der Waals surface area contributed by atoms with E-state index in [4.69, 9.17) is 16.1 Å². The lowest BCUT2D eigenvalue weighted by Crippen LogP contribution is -2.06. The number of benzene rings is 2. The highest BCUT2D eigenvalue weighted by molar-refractivity contribution is 6.06. The Bertz CT molecular complexity index is 1110. The zero-order valence-electron chi connectivity index (χ0n) is 15.4. The van der Waals surface area contributed by atoms with Crippen LogP contribution < -0.4 is 5.73 Å². The first-order valence-electron chi connectivity index (χ1n) is 9.34. The van der Waals surface area contributed by atoms with E-state index in [0.29, 0.717) is 5.82 Å². The second kappa shape index (κ2) is 7.19. The van der Waals surface area contributed by atoms with Crippen molar-refractivity contribution in [2.75, 3.05) is 5.73 Å². The lowest BCUT2D eigenvalue weighted by atomic mass is 10.1. The Kier molecular flexibility index (Phi) is 4.59. The first kappa shape index (κ1) is 17.2. The van der Waals surface area contributed by atoms with E-state index in [1.807, 2.05) is 30.3 Å². The summed E-state index contributed by atoms with van der Waals surface area (Å²) in [5.41, 5.74) is 11.1. The van der Waals surface area contributed by atoms with Crippen molar-refractivity contribution in [3.8, 4) is 0 Å². The molecule has 4 rings (SSSR count). The molecule has 2 aromatic heterocycles. The van der Waals surface area contributed by atoms with Gasteiger partial charge >= 0.3 is 0 Å². The van der Waals surface area contributed by atoms with Crippen LogP contribution in [-0.2, 0) is 13.0 Å². The topological polar surface area (TPSA) is 80.6 Å². The second-order valence-electron chi connectivity index (χ2n) is 6.82. The molecule has 0 atom stereocenters. The van der Waals surface area contributed by atoms with E-state index < -0.39 is 0 Å². The fraction of sp³-hybridized carbons (Fsp3) is 0.227. The SMILES string of the molecule is CCCCc1nc2c(N)nc3ccccc3c2n1Cc1ccc(C=N)cc1. The smallest absolute Gasteiger partial charge is 0.152 e. The molecular weight excluding hydrogens is 334 g/mol. The highest BCUT2D eigenvalue weighted by atomic mass is 15.1. The third-order valence-electron chi connectivity index (χ3n) is 4.93. The third kappa shape index (κ3) is 3.16. The lowest BCUT2D eigenvalue weighted by molar-refractivity contribution is 0.690. The highest BCUT2D eigenvalue weighted by Crippen LogP contribution is 2.30. The Morgan fingerprint density at radius 3 is 2.59 bits per heavy atom. The van der Waals surface area contributed by atoms with Crippen LogP contribution in [0.3, 0.4) is 0 Å². The van der Waals surface area contributed by atoms with Crippen molar-refractivity contribution in [2.24, 2.45) is 0 Å². The van der Waals surface area contributed by atoms with Gasteiger partial charge in [-0.25, -0.2) is 9.97 Å². The van der Waals surface area contributed by atoms with Crippen LogP contribution in [0.4, 0.5) is 5.82 Å². The number of nitrogens with two attached hydrogens (primary N) is 1. The number of aryl methyl sites for hydroxylation is 1. The molecule has 3 N–H and O–H groups in total. The van der Waals surface area contributed by atoms with Crippen LogP contribution in [0.25, 0.3) is 21.9 Å². The summed E-state index contributed by atoms with van der Waals surface area (Å²) in [7, 11) is 0. The van der Waals surface area contributed by atoms with Gasteiger partial charge < -0.3 is 15.7 Å². The summed E-state index contributed by atoms with van der Waals surface area (Å²) < 4.78 is 2.28. The van der Waals surface area contributed by atoms with Crippen molar-refractivity contribution in [3.63, 3.8) is 0 Å². The maximum absolute atomic E-state index is 7.38. The summed E-state index contributed by atoms with van der Waals surface area (Å²) in [4.78, 5) is 9.41. The molecule has 136 valence electrons. The summed E-state index contributed by atoms with van der Waals surface area (Å²) in [6.07, 6.45) is 4.48. The average Bonchev–Trinajstić information content (AvgIpc) is 3.06. The Balaban J connectivity index is 1.92. The molecule has 2 aromatic carbocycles. The average molecular weight is 357 g/mol. The molecule has 0 unspecified atom stereocenters. The van der Waals surface area contributed by atoms with Crippen LogP contribution in [0.15, 0.2) is 48.5 Å². The van der Waals surface area contributed by atoms with E-state index in [9.17, 15) is 0 Å². The van der Waals surface area contributed by atoms with Crippen molar-refractivity contribution in [3.05, 3.63) is 65.5 Å². The van der Waals surface area contributed by atoms with Crippen LogP contribution in [-0.4, -0.2) is 20.7 Å². The molecule has 0 saturated heterocycles. The van der Waals surface area contributed by atoms with Crippen molar-refractivity contribution < 1.29 is 0 Å². The van der Waals surface area contributed by atoms with Gasteiger partial charge in [0.15, 0.2) is 5.82 Å². The maximum atomic E-state index is 7.38. The molecule has 5 nitrogen and oxygen atoms in total. The number of anilines is 1. The van der Waals surface area contributed by atoms with Gasteiger partial charge in [0.25, 0.3) is 0 Å². The summed E-state index contributed by atoms with van der Waals surface area (Å²) >= 11 is 0. The molecule has 0 aliphatic heterocycles. The fourth-order valence-corrected chi connectivity index (χ4v) is 3.50. The largest absolute Gasteiger partial charge is 0.382 e. The van der Waals surface area contributed by atoms with Gasteiger partial charge in [-0.2, -0.15) is 0 Å². The maximum Gasteiger partial charge on any atom is 0.152 e. The molecule has 0 saturated carbocycles. The van der Waals surface area contributed by atoms with E-state index in [0.717, 1.165) is 59.1 Å². The number of nitrogens with one attached hydrogen (secondary N) is 1. The Morgan fingerprint density at radius 2 is 1.85 bits per heavy atom. The van der Waals surface area contributed by atoms with E-state index in [1.165, 1.54) is 11.8 Å². The molecule has 27 heavy (non-hydrogen) atoms. The first-order chi connectivity index (χ1) is 13.2. The number of hydrogen-bond donors (Lipinski definition) is 2. The number of nitrogens with zero attached hydrogens (tertiary/aromatic N) is 3. The van der Waals surface area contributed by atoms with E-state index in [-0.39, 0.29) is 0 Å². The quantitative estimate of drug-likeness (QED) is 0.497. The highest BCUT2D eigenvalue weighted by Gasteiger charge is 2.17. The normalized spacial score (nSPS) is 11.3. The van der Waals surface area contributed by atoms with Crippen LogP contribution in [0.2, 0.25) is 0 Å². The molecular formula is C22H23N5. The third-order valence-corrected chi connectivity index (χ3v) is 4.93. The van der Waals surface area contributed by atoms with Gasteiger partial charge in [0.2, 0.25) is 0 Å². The molecule has 0 fully saturated rings. The number of aromatic nitrogens is 3. The molecule has 0 spiro atoms. The van der Waals surface area contributed by atoms with Gasteiger partial charge in [0.1, 0.15) is 11.3 Å². The number of hydrogen-bond acceptors (Lipinski definition) is 4. The minimum absolute atomic E-state index is 0.486. The van der Waals surface area contributed by atoms with Gasteiger partial charge in [-0.05, 0) is 23.6 Å². The first-order valence-corrected chi connectivity index (χ1v) is 9.34. The van der Waals surface area contributed by atoms with Gasteiger partial charge in [-0.3, -0.25) is 0 Å². The number of pyridine rings is 1. The molecule has 0 aliphatic carbocycles. The standard InChI is InChI=1S/C22H23N5/c1-2-3-8-19-26-20-21(17-6-4-5-7-18(17)25-22(20)24)27(19)14-16-11-9-15(13-23)10-12-16/h4-7,9-13,23H,2-3,8,14H2,1H3,(H2,24,25). The number of rotatable bonds is 6. The minimum atomic E-state index is 0.486. The summed E-state index contributed by atoms with van der Waals surface area (Å²) in [6.45, 7) is 2.91. The zero-order valence-corrected chi connectivity index (χ0v) is 15.4. The predicted octanol–water partition coefficient (Wildman–Crippen LogP) is 4.56. The second-order valence-corrected chi connectivity index (χ2v) is 6.82. The summed E-state index contributed by atoms with van der Waals surface area (Å²) in [5.74, 6) is 1.53. The Labute approximate surface area is 158 Å². The van der Waals surface area contributed by atoms with Gasteiger partial charge in [-0.1, -0.05) is 55.8 Å². The van der Waals surface area contributed by atoms with Gasteiger partial charge in [0.05, 0.1) is 11.0 Å². The molecule has 2 heterocycles. The number of para-hydroxylation sites is 1. The minimum Gasteiger partial charge on any atom is -0.382 e. The molecule has 0 bridgehead atoms. The monoisotopic (exact) mass is 357 g/mol. The zero-order chi connectivity index (χ0) is 18.8. The molecule has 4 aromatic rings. The predicted molar refractivity (Wildman–Crippen MR) is 111 cm³/mol. The number of fused-ring (bicyclic) bond motifs is 3. The van der Waals surface area contributed by atoms with Crippen LogP contribution >= 0.6 is 0 Å². The van der Waals surface area contributed by atoms with E-state index in [2.05, 4.69) is 34.7 Å². The van der Waals surface area contributed by atoms with Crippen molar-refractivity contribution >= 4 is 34.0 Å². The molecule has 5 heteroatoms. The number of unbranched alkanes of at least 4 members (excludes halogenated alkanes) is 1. The molecule has 0 aliphatic rings. The van der Waals surface area contributed by atoms with Gasteiger partial charge in [-0.15, -0.1) is 0 Å². The van der Waals surface area contributed by atoms with E-state index in [1.54, 1.807) is 0 Å². The Hall–Kier alpha value is -3.21.